The number of amides is 3. The van der Waals surface area contributed by atoms with Crippen LogP contribution in [0.4, 0.5) is 4.79 Å². The van der Waals surface area contributed by atoms with E-state index >= 15 is 0 Å². The summed E-state index contributed by atoms with van der Waals surface area (Å²) in [6.07, 6.45) is 0.993. The van der Waals surface area contributed by atoms with Gasteiger partial charge in [0.25, 0.3) is 0 Å². The zero-order chi connectivity index (χ0) is 12.5. The van der Waals surface area contributed by atoms with Crippen LogP contribution < -0.4 is 10.6 Å². The predicted octanol–water partition coefficient (Wildman–Crippen LogP) is 0.425. The molecule has 2 N–H and O–H groups in total. The number of carbonyl (C=O) groups excluding carboxylic acids is 2. The molecule has 0 spiro atoms. The van der Waals surface area contributed by atoms with Gasteiger partial charge >= 0.3 is 6.03 Å². The largest absolute Gasteiger partial charge is 0.329 e. The molecule has 2 heterocycles. The fourth-order valence-electron chi connectivity index (χ4n) is 2.58. The summed E-state index contributed by atoms with van der Waals surface area (Å²) in [5.41, 5.74) is 2.49. The zero-order valence-corrected chi connectivity index (χ0v) is 9.98. The summed E-state index contributed by atoms with van der Waals surface area (Å²) in [5.74, 6) is -0.148. The average molecular weight is 245 g/mol. The lowest BCUT2D eigenvalue weighted by Crippen LogP contribution is -2.41. The normalized spacial score (nSPS) is 22.9. The van der Waals surface area contributed by atoms with Crippen molar-refractivity contribution in [3.63, 3.8) is 0 Å². The third-order valence-electron chi connectivity index (χ3n) is 3.52. The van der Waals surface area contributed by atoms with Gasteiger partial charge in [-0.1, -0.05) is 24.3 Å². The third-order valence-corrected chi connectivity index (χ3v) is 3.52. The Bertz CT molecular complexity index is 485. The molecule has 1 aromatic rings. The highest BCUT2D eigenvalue weighted by Crippen LogP contribution is 2.23. The minimum Gasteiger partial charge on any atom is -0.329 e. The van der Waals surface area contributed by atoms with Crippen molar-refractivity contribution in [1.82, 2.24) is 15.5 Å². The molecule has 2 aliphatic heterocycles. The van der Waals surface area contributed by atoms with Gasteiger partial charge in [0.15, 0.2) is 0 Å². The fraction of sp³-hybridized carbons (Fsp3) is 0.385. The second kappa shape index (κ2) is 4.42. The van der Waals surface area contributed by atoms with Crippen molar-refractivity contribution in [2.24, 2.45) is 0 Å². The monoisotopic (exact) mass is 245 g/mol. The van der Waals surface area contributed by atoms with Crippen molar-refractivity contribution >= 4 is 11.9 Å². The van der Waals surface area contributed by atoms with Crippen molar-refractivity contribution in [3.8, 4) is 0 Å². The lowest BCUT2D eigenvalue weighted by molar-refractivity contribution is -0.125. The van der Waals surface area contributed by atoms with Crippen molar-refractivity contribution in [3.05, 3.63) is 35.4 Å². The van der Waals surface area contributed by atoms with Crippen molar-refractivity contribution in [2.75, 3.05) is 19.6 Å². The van der Waals surface area contributed by atoms with Crippen LogP contribution in [0.3, 0.4) is 0 Å². The maximum absolute atomic E-state index is 11.6. The van der Waals surface area contributed by atoms with Crippen LogP contribution in [0.2, 0.25) is 0 Å². The molecule has 5 heteroatoms. The number of nitrogens with one attached hydrogen (secondary N) is 2. The minimum absolute atomic E-state index is 0.0442. The van der Waals surface area contributed by atoms with Crippen LogP contribution in [0.1, 0.15) is 17.2 Å². The van der Waals surface area contributed by atoms with E-state index in [0.29, 0.717) is 6.54 Å². The number of imide groups is 1. The molecule has 1 saturated heterocycles. The van der Waals surface area contributed by atoms with E-state index in [4.69, 9.17) is 0 Å². The number of hydrogen-bond donors (Lipinski definition) is 2. The molecule has 0 radical (unpaired) electrons. The Morgan fingerprint density at radius 2 is 2.11 bits per heavy atom. The first kappa shape index (κ1) is 11.2. The standard InChI is InChI=1S/C13H15N3O2/c17-12-7-15-13(18)16(12)8-11-10-4-2-1-3-9(10)5-6-14-11/h1-4,11,14H,5-8H2,(H,15,18). The Hall–Kier alpha value is -1.88. The van der Waals surface area contributed by atoms with Crippen LogP contribution in [0.5, 0.6) is 0 Å². The Balaban J connectivity index is 1.82. The Labute approximate surface area is 105 Å². The number of nitrogens with zero attached hydrogens (tertiary/aromatic N) is 1. The van der Waals surface area contributed by atoms with Crippen LogP contribution in [0.25, 0.3) is 0 Å². The summed E-state index contributed by atoms with van der Waals surface area (Å²) in [6, 6.07) is 7.94. The summed E-state index contributed by atoms with van der Waals surface area (Å²) in [7, 11) is 0. The van der Waals surface area contributed by atoms with Crippen LogP contribution >= 0.6 is 0 Å². The fourth-order valence-corrected chi connectivity index (χ4v) is 2.58. The second-order valence-electron chi connectivity index (χ2n) is 4.62. The molecule has 1 unspecified atom stereocenters. The van der Waals surface area contributed by atoms with Gasteiger partial charge in [-0.05, 0) is 24.1 Å². The summed E-state index contributed by atoms with van der Waals surface area (Å²) in [4.78, 5) is 24.4. The maximum Gasteiger partial charge on any atom is 0.324 e. The topological polar surface area (TPSA) is 61.4 Å². The number of urea groups is 1. The molecule has 2 aliphatic rings. The Morgan fingerprint density at radius 3 is 2.89 bits per heavy atom. The van der Waals surface area contributed by atoms with E-state index in [0.717, 1.165) is 13.0 Å². The molecule has 3 amide bonds. The minimum atomic E-state index is -0.287. The van der Waals surface area contributed by atoms with Gasteiger partial charge in [0.05, 0.1) is 19.1 Å². The van der Waals surface area contributed by atoms with E-state index in [9.17, 15) is 9.59 Å². The molecule has 5 nitrogen and oxygen atoms in total. The van der Waals surface area contributed by atoms with Crippen LogP contribution in [-0.4, -0.2) is 36.5 Å². The van der Waals surface area contributed by atoms with E-state index < -0.39 is 0 Å². The smallest absolute Gasteiger partial charge is 0.324 e. The highest BCUT2D eigenvalue weighted by atomic mass is 16.2. The Morgan fingerprint density at radius 1 is 1.28 bits per heavy atom. The molecule has 3 rings (SSSR count). The molecule has 94 valence electrons. The number of fused-ring (bicyclic) bond motifs is 1. The quantitative estimate of drug-likeness (QED) is 0.743. The van der Waals surface area contributed by atoms with Crippen LogP contribution in [-0.2, 0) is 11.2 Å². The van der Waals surface area contributed by atoms with Crippen LogP contribution in [0, 0.1) is 0 Å². The summed E-state index contributed by atoms with van der Waals surface area (Å²) >= 11 is 0. The molecule has 1 aromatic carbocycles. The van der Waals surface area contributed by atoms with Gasteiger partial charge in [0.2, 0.25) is 5.91 Å². The van der Waals surface area contributed by atoms with Gasteiger partial charge in [-0.3, -0.25) is 9.69 Å². The summed E-state index contributed by atoms with van der Waals surface area (Å²) in [5, 5.41) is 5.91. The average Bonchev–Trinajstić information content (AvgIpc) is 2.71. The lowest BCUT2D eigenvalue weighted by atomic mass is 9.94. The van der Waals surface area contributed by atoms with E-state index in [1.54, 1.807) is 0 Å². The molecule has 0 saturated carbocycles. The van der Waals surface area contributed by atoms with E-state index in [1.807, 2.05) is 12.1 Å². The number of hydrogen-bond acceptors (Lipinski definition) is 3. The molecule has 0 bridgehead atoms. The molecular formula is C13H15N3O2. The van der Waals surface area contributed by atoms with Crippen molar-refractivity contribution < 1.29 is 9.59 Å². The molecule has 18 heavy (non-hydrogen) atoms. The van der Waals surface area contributed by atoms with Crippen LogP contribution in [0.15, 0.2) is 24.3 Å². The van der Waals surface area contributed by atoms with Gasteiger partial charge in [-0.25, -0.2) is 4.79 Å². The first-order chi connectivity index (χ1) is 8.75. The van der Waals surface area contributed by atoms with Crippen molar-refractivity contribution in [1.29, 1.82) is 0 Å². The van der Waals surface area contributed by atoms with Gasteiger partial charge in [-0.15, -0.1) is 0 Å². The first-order valence-corrected chi connectivity index (χ1v) is 6.15. The van der Waals surface area contributed by atoms with Crippen molar-refractivity contribution in [2.45, 2.75) is 12.5 Å². The summed E-state index contributed by atoms with van der Waals surface area (Å²) in [6.45, 7) is 1.40. The molecular weight excluding hydrogens is 230 g/mol. The SMILES string of the molecule is O=C1CNC(=O)N1CC1NCCc2ccccc21. The van der Waals surface area contributed by atoms with Gasteiger partial charge in [0, 0.05) is 0 Å². The number of carbonyl (C=O) groups is 2. The molecule has 0 aromatic heterocycles. The van der Waals surface area contributed by atoms with E-state index in [-0.39, 0.29) is 24.5 Å². The highest BCUT2D eigenvalue weighted by Gasteiger charge is 2.32. The maximum atomic E-state index is 11.6. The third kappa shape index (κ3) is 1.86. The summed E-state index contributed by atoms with van der Waals surface area (Å²) < 4.78 is 0. The second-order valence-corrected chi connectivity index (χ2v) is 4.62. The van der Waals surface area contributed by atoms with E-state index in [2.05, 4.69) is 22.8 Å². The molecule has 1 atom stereocenters. The first-order valence-electron chi connectivity index (χ1n) is 6.15. The van der Waals surface area contributed by atoms with Gasteiger partial charge in [-0.2, -0.15) is 0 Å². The number of rotatable bonds is 2. The Kier molecular flexibility index (Phi) is 2.76. The lowest BCUT2D eigenvalue weighted by Gasteiger charge is -2.29. The van der Waals surface area contributed by atoms with Gasteiger partial charge in [0.1, 0.15) is 0 Å². The predicted molar refractivity (Wildman–Crippen MR) is 66.0 cm³/mol. The van der Waals surface area contributed by atoms with Gasteiger partial charge < -0.3 is 10.6 Å². The molecule has 1 fully saturated rings. The zero-order valence-electron chi connectivity index (χ0n) is 9.98. The number of benzene rings is 1. The highest BCUT2D eigenvalue weighted by molar-refractivity contribution is 6.01. The van der Waals surface area contributed by atoms with E-state index in [1.165, 1.54) is 16.0 Å². The molecule has 0 aliphatic carbocycles.